The lowest BCUT2D eigenvalue weighted by atomic mass is 9.68. The molecular weight excluding hydrogens is 208 g/mol. The molecule has 0 amide bonds. The molecule has 0 aromatic carbocycles. The molecule has 1 aliphatic rings. The number of likely N-dealkylation sites (N-methyl/N-ethyl adjacent to an activating group) is 1. The summed E-state index contributed by atoms with van der Waals surface area (Å²) in [6.45, 7) is 10.2. The number of nitrogens with zero attached hydrogens (tertiary/aromatic N) is 1. The Morgan fingerprint density at radius 2 is 2.06 bits per heavy atom. The monoisotopic (exact) mass is 240 g/mol. The van der Waals surface area contributed by atoms with Gasteiger partial charge in [-0.1, -0.05) is 27.2 Å². The Bertz CT molecular complexity index is 229. The molecule has 1 aliphatic carbocycles. The maximum atomic E-state index is 6.17. The largest absolute Gasteiger partial charge is 0.329 e. The molecule has 17 heavy (non-hydrogen) atoms. The molecule has 2 heteroatoms. The fourth-order valence-corrected chi connectivity index (χ4v) is 3.71. The summed E-state index contributed by atoms with van der Waals surface area (Å²) in [4.78, 5) is 2.59. The highest BCUT2D eigenvalue weighted by Gasteiger charge is 2.43. The van der Waals surface area contributed by atoms with E-state index in [4.69, 9.17) is 5.73 Å². The average Bonchev–Trinajstić information content (AvgIpc) is 2.29. The summed E-state index contributed by atoms with van der Waals surface area (Å²) in [7, 11) is 2.29. The maximum Gasteiger partial charge on any atom is 0.0357 e. The fraction of sp³-hybridized carbons (Fsp3) is 1.00. The first-order valence-corrected chi connectivity index (χ1v) is 7.41. The first-order chi connectivity index (χ1) is 7.97. The van der Waals surface area contributed by atoms with Crippen molar-refractivity contribution in [2.75, 3.05) is 13.6 Å². The summed E-state index contributed by atoms with van der Waals surface area (Å²) < 4.78 is 0. The molecule has 4 unspecified atom stereocenters. The van der Waals surface area contributed by atoms with Gasteiger partial charge in [0.25, 0.3) is 0 Å². The molecule has 0 heterocycles. The third-order valence-electron chi connectivity index (χ3n) is 5.17. The van der Waals surface area contributed by atoms with Crippen molar-refractivity contribution < 1.29 is 0 Å². The SMILES string of the molecule is CCCC(C)N(C)C1(CN)CCC(C)CC1C. The van der Waals surface area contributed by atoms with Gasteiger partial charge >= 0.3 is 0 Å². The lowest BCUT2D eigenvalue weighted by Gasteiger charge is -2.52. The van der Waals surface area contributed by atoms with Crippen LogP contribution in [0.5, 0.6) is 0 Å². The van der Waals surface area contributed by atoms with Gasteiger partial charge in [-0.3, -0.25) is 4.90 Å². The highest BCUT2D eigenvalue weighted by Crippen LogP contribution is 2.40. The molecule has 0 aromatic heterocycles. The van der Waals surface area contributed by atoms with Gasteiger partial charge in [-0.15, -0.1) is 0 Å². The van der Waals surface area contributed by atoms with E-state index in [-0.39, 0.29) is 5.54 Å². The number of hydrogen-bond acceptors (Lipinski definition) is 2. The molecule has 1 saturated carbocycles. The molecule has 0 aliphatic heterocycles. The summed E-state index contributed by atoms with van der Waals surface area (Å²) in [5, 5.41) is 0. The topological polar surface area (TPSA) is 29.3 Å². The minimum Gasteiger partial charge on any atom is -0.329 e. The third-order valence-corrected chi connectivity index (χ3v) is 5.17. The van der Waals surface area contributed by atoms with Gasteiger partial charge in [0.1, 0.15) is 0 Å². The average molecular weight is 240 g/mol. The highest BCUT2D eigenvalue weighted by molar-refractivity contribution is 4.99. The van der Waals surface area contributed by atoms with E-state index < -0.39 is 0 Å². The van der Waals surface area contributed by atoms with Gasteiger partial charge in [-0.05, 0) is 51.5 Å². The minimum absolute atomic E-state index is 0.251. The molecule has 2 N–H and O–H groups in total. The number of nitrogens with two attached hydrogens (primary N) is 1. The molecule has 0 spiro atoms. The second-order valence-electron chi connectivity index (χ2n) is 6.34. The molecule has 1 fully saturated rings. The zero-order valence-corrected chi connectivity index (χ0v) is 12.5. The van der Waals surface area contributed by atoms with Crippen molar-refractivity contribution in [3.05, 3.63) is 0 Å². The van der Waals surface area contributed by atoms with E-state index in [1.54, 1.807) is 0 Å². The molecule has 0 saturated heterocycles. The van der Waals surface area contributed by atoms with Crippen molar-refractivity contribution in [1.29, 1.82) is 0 Å². The zero-order valence-electron chi connectivity index (χ0n) is 12.5. The van der Waals surface area contributed by atoms with Crippen molar-refractivity contribution in [3.63, 3.8) is 0 Å². The minimum atomic E-state index is 0.251. The first kappa shape index (κ1) is 15.0. The summed E-state index contributed by atoms with van der Waals surface area (Å²) in [6, 6.07) is 0.652. The van der Waals surface area contributed by atoms with Crippen LogP contribution < -0.4 is 5.73 Å². The van der Waals surface area contributed by atoms with E-state index in [1.165, 1.54) is 32.1 Å². The van der Waals surface area contributed by atoms with Gasteiger partial charge in [0.2, 0.25) is 0 Å². The Morgan fingerprint density at radius 3 is 2.53 bits per heavy atom. The predicted octanol–water partition coefficient (Wildman–Crippen LogP) is 3.26. The second kappa shape index (κ2) is 6.19. The summed E-state index contributed by atoms with van der Waals surface area (Å²) in [5.74, 6) is 1.60. The Hall–Kier alpha value is -0.0800. The van der Waals surface area contributed by atoms with Crippen LogP contribution in [-0.2, 0) is 0 Å². The van der Waals surface area contributed by atoms with Crippen LogP contribution in [0.3, 0.4) is 0 Å². The lowest BCUT2D eigenvalue weighted by Crippen LogP contribution is -2.60. The summed E-state index contributed by atoms with van der Waals surface area (Å²) >= 11 is 0. The van der Waals surface area contributed by atoms with Gasteiger partial charge < -0.3 is 5.73 Å². The van der Waals surface area contributed by atoms with Gasteiger partial charge in [0.05, 0.1) is 0 Å². The van der Waals surface area contributed by atoms with Crippen LogP contribution in [-0.4, -0.2) is 30.1 Å². The van der Waals surface area contributed by atoms with Crippen LogP contribution in [0.1, 0.15) is 59.8 Å². The normalized spacial score (nSPS) is 36.2. The van der Waals surface area contributed by atoms with Gasteiger partial charge in [-0.25, -0.2) is 0 Å². The van der Waals surface area contributed by atoms with Gasteiger partial charge in [-0.2, -0.15) is 0 Å². The number of rotatable bonds is 5. The van der Waals surface area contributed by atoms with Crippen molar-refractivity contribution in [1.82, 2.24) is 4.90 Å². The van der Waals surface area contributed by atoms with Gasteiger partial charge in [0.15, 0.2) is 0 Å². The molecule has 1 rings (SSSR count). The van der Waals surface area contributed by atoms with Crippen molar-refractivity contribution in [2.24, 2.45) is 17.6 Å². The molecule has 4 atom stereocenters. The second-order valence-corrected chi connectivity index (χ2v) is 6.34. The van der Waals surface area contributed by atoms with E-state index in [1.807, 2.05) is 0 Å². The highest BCUT2D eigenvalue weighted by atomic mass is 15.2. The molecule has 102 valence electrons. The van der Waals surface area contributed by atoms with Crippen molar-refractivity contribution >= 4 is 0 Å². The predicted molar refractivity (Wildman–Crippen MR) is 76.1 cm³/mol. The molecule has 0 bridgehead atoms. The van der Waals surface area contributed by atoms with Crippen LogP contribution in [0.2, 0.25) is 0 Å². The van der Waals surface area contributed by atoms with Crippen LogP contribution in [0.4, 0.5) is 0 Å². The van der Waals surface area contributed by atoms with Crippen LogP contribution in [0.25, 0.3) is 0 Å². The third kappa shape index (κ3) is 3.03. The Kier molecular flexibility index (Phi) is 5.46. The Balaban J connectivity index is 2.79. The van der Waals surface area contributed by atoms with Crippen LogP contribution >= 0.6 is 0 Å². The van der Waals surface area contributed by atoms with E-state index in [0.717, 1.165) is 18.4 Å². The smallest absolute Gasteiger partial charge is 0.0357 e. The van der Waals surface area contributed by atoms with Gasteiger partial charge in [0, 0.05) is 18.1 Å². The molecule has 2 nitrogen and oxygen atoms in total. The zero-order chi connectivity index (χ0) is 13.1. The van der Waals surface area contributed by atoms with E-state index in [9.17, 15) is 0 Å². The van der Waals surface area contributed by atoms with Crippen LogP contribution in [0, 0.1) is 11.8 Å². The maximum absolute atomic E-state index is 6.17. The molecule has 0 radical (unpaired) electrons. The summed E-state index contributed by atoms with van der Waals surface area (Å²) in [5.41, 5.74) is 6.42. The Morgan fingerprint density at radius 1 is 1.41 bits per heavy atom. The van der Waals surface area contributed by atoms with Crippen LogP contribution in [0.15, 0.2) is 0 Å². The van der Waals surface area contributed by atoms with Crippen molar-refractivity contribution in [2.45, 2.75) is 71.4 Å². The van der Waals surface area contributed by atoms with E-state index in [0.29, 0.717) is 6.04 Å². The number of hydrogen-bond donors (Lipinski definition) is 1. The lowest BCUT2D eigenvalue weighted by molar-refractivity contribution is -0.00771. The quantitative estimate of drug-likeness (QED) is 0.799. The first-order valence-electron chi connectivity index (χ1n) is 7.41. The molecular formula is C15H32N2. The van der Waals surface area contributed by atoms with E-state index in [2.05, 4.69) is 39.6 Å². The Labute approximate surface area is 108 Å². The standard InChI is InChI=1S/C15H32N2/c1-6-7-14(4)17(5)15(11-16)9-8-12(2)10-13(15)3/h12-14H,6-11,16H2,1-5H3. The van der Waals surface area contributed by atoms with Crippen molar-refractivity contribution in [3.8, 4) is 0 Å². The molecule has 0 aromatic rings. The van der Waals surface area contributed by atoms with E-state index >= 15 is 0 Å². The summed E-state index contributed by atoms with van der Waals surface area (Å²) in [6.07, 6.45) is 6.49. The fourth-order valence-electron chi connectivity index (χ4n) is 3.71.